The van der Waals surface area contributed by atoms with Crippen LogP contribution in [0.2, 0.25) is 5.15 Å². The summed E-state index contributed by atoms with van der Waals surface area (Å²) in [6.07, 6.45) is 3.73. The van der Waals surface area contributed by atoms with Crippen molar-refractivity contribution in [2.75, 3.05) is 31.6 Å². The molecule has 2 N–H and O–H groups in total. The zero-order valence-corrected chi connectivity index (χ0v) is 15.5. The van der Waals surface area contributed by atoms with Crippen molar-refractivity contribution in [1.82, 2.24) is 20.5 Å². The molecule has 3 amide bonds. The van der Waals surface area contributed by atoms with Crippen LogP contribution in [0.4, 0.5) is 4.79 Å². The number of aromatic nitrogens is 1. The third-order valence-electron chi connectivity index (χ3n) is 3.84. The first kappa shape index (κ1) is 18.9. The standard InChI is InChI=1S/C16H23ClN4O2S/c1-11-4-5-13(14(17)19-11)15(22)21-8-6-12(10-21)20-16(23)18-7-3-9-24-2/h4-5,12H,3,6-10H2,1-2H3,(H2,18,20,23)/t12-/m1/s1. The van der Waals surface area contributed by atoms with E-state index in [0.29, 0.717) is 25.2 Å². The maximum atomic E-state index is 12.5. The normalized spacial score (nSPS) is 17.0. The van der Waals surface area contributed by atoms with E-state index in [9.17, 15) is 9.59 Å². The predicted octanol–water partition coefficient (Wildman–Crippen LogP) is 2.31. The molecule has 0 saturated carbocycles. The largest absolute Gasteiger partial charge is 0.338 e. The lowest BCUT2D eigenvalue weighted by atomic mass is 10.2. The topological polar surface area (TPSA) is 74.3 Å². The maximum Gasteiger partial charge on any atom is 0.315 e. The van der Waals surface area contributed by atoms with E-state index >= 15 is 0 Å². The molecule has 0 spiro atoms. The fraction of sp³-hybridized carbons (Fsp3) is 0.562. The number of rotatable bonds is 6. The minimum atomic E-state index is -0.176. The molecule has 1 saturated heterocycles. The first-order valence-electron chi connectivity index (χ1n) is 7.97. The number of halogens is 1. The van der Waals surface area contributed by atoms with Crippen molar-refractivity contribution < 1.29 is 9.59 Å². The van der Waals surface area contributed by atoms with Crippen molar-refractivity contribution in [3.05, 3.63) is 28.5 Å². The van der Waals surface area contributed by atoms with Gasteiger partial charge in [0.2, 0.25) is 0 Å². The lowest BCUT2D eigenvalue weighted by Crippen LogP contribution is -2.44. The van der Waals surface area contributed by atoms with Crippen LogP contribution in [0.1, 0.15) is 28.9 Å². The van der Waals surface area contributed by atoms with Crippen LogP contribution in [0.15, 0.2) is 12.1 Å². The van der Waals surface area contributed by atoms with Crippen molar-refractivity contribution in [3.63, 3.8) is 0 Å². The zero-order chi connectivity index (χ0) is 17.5. The molecule has 24 heavy (non-hydrogen) atoms. The maximum absolute atomic E-state index is 12.5. The van der Waals surface area contributed by atoms with E-state index in [0.717, 1.165) is 24.3 Å². The summed E-state index contributed by atoms with van der Waals surface area (Å²) in [5.74, 6) is 0.884. The highest BCUT2D eigenvalue weighted by Gasteiger charge is 2.29. The van der Waals surface area contributed by atoms with Crippen LogP contribution in [-0.2, 0) is 0 Å². The highest BCUT2D eigenvalue weighted by atomic mass is 35.5. The Morgan fingerprint density at radius 1 is 1.46 bits per heavy atom. The van der Waals surface area contributed by atoms with E-state index in [1.54, 1.807) is 28.8 Å². The van der Waals surface area contributed by atoms with Crippen LogP contribution in [0.25, 0.3) is 0 Å². The summed E-state index contributed by atoms with van der Waals surface area (Å²) < 4.78 is 0. The van der Waals surface area contributed by atoms with E-state index in [2.05, 4.69) is 15.6 Å². The predicted molar refractivity (Wildman–Crippen MR) is 97.8 cm³/mol. The SMILES string of the molecule is CSCCCNC(=O)N[C@@H]1CCN(C(=O)c2ccc(C)nc2Cl)C1. The number of likely N-dealkylation sites (tertiary alicyclic amines) is 1. The molecular weight excluding hydrogens is 348 g/mol. The molecule has 0 bridgehead atoms. The molecule has 1 aromatic heterocycles. The van der Waals surface area contributed by atoms with Crippen molar-refractivity contribution in [2.45, 2.75) is 25.8 Å². The second-order valence-corrected chi connectivity index (χ2v) is 7.12. The van der Waals surface area contributed by atoms with Crippen LogP contribution in [0.3, 0.4) is 0 Å². The van der Waals surface area contributed by atoms with Gasteiger partial charge in [-0.15, -0.1) is 0 Å². The Balaban J connectivity index is 1.82. The summed E-state index contributed by atoms with van der Waals surface area (Å²) in [7, 11) is 0. The third kappa shape index (κ3) is 5.27. The first-order chi connectivity index (χ1) is 11.5. The molecule has 8 heteroatoms. The van der Waals surface area contributed by atoms with Crippen LogP contribution < -0.4 is 10.6 Å². The average molecular weight is 371 g/mol. The second-order valence-electron chi connectivity index (χ2n) is 5.77. The van der Waals surface area contributed by atoms with Crippen molar-refractivity contribution >= 4 is 35.3 Å². The summed E-state index contributed by atoms with van der Waals surface area (Å²) in [5, 5.41) is 5.98. The minimum Gasteiger partial charge on any atom is -0.338 e. The fourth-order valence-corrected chi connectivity index (χ4v) is 3.28. The van der Waals surface area contributed by atoms with Crippen LogP contribution in [0, 0.1) is 6.92 Å². The van der Waals surface area contributed by atoms with E-state index in [-0.39, 0.29) is 23.1 Å². The summed E-state index contributed by atoms with van der Waals surface area (Å²) in [4.78, 5) is 30.2. The number of hydrogen-bond donors (Lipinski definition) is 2. The molecule has 132 valence electrons. The number of hydrogen-bond acceptors (Lipinski definition) is 4. The highest BCUT2D eigenvalue weighted by Crippen LogP contribution is 2.19. The van der Waals surface area contributed by atoms with Crippen molar-refractivity contribution in [3.8, 4) is 0 Å². The van der Waals surface area contributed by atoms with Crippen molar-refractivity contribution in [1.29, 1.82) is 0 Å². The summed E-state index contributed by atoms with van der Waals surface area (Å²) in [6, 6.07) is 3.26. The van der Waals surface area contributed by atoms with Gasteiger partial charge in [0.1, 0.15) is 5.15 Å². The second kappa shape index (κ2) is 9.13. The number of amides is 3. The number of thioether (sulfide) groups is 1. The van der Waals surface area contributed by atoms with Gasteiger partial charge in [-0.3, -0.25) is 4.79 Å². The van der Waals surface area contributed by atoms with Gasteiger partial charge in [0.05, 0.1) is 5.56 Å². The molecule has 1 atom stereocenters. The Labute approximate surface area is 151 Å². The molecule has 1 aromatic rings. The fourth-order valence-electron chi connectivity index (χ4n) is 2.57. The number of urea groups is 1. The number of nitrogens with zero attached hydrogens (tertiary/aromatic N) is 2. The Kier molecular flexibility index (Phi) is 7.17. The molecular formula is C16H23ClN4O2S. The summed E-state index contributed by atoms with van der Waals surface area (Å²) in [5.41, 5.74) is 1.18. The number of nitrogens with one attached hydrogen (secondary N) is 2. The quantitative estimate of drug-likeness (QED) is 0.595. The number of carbonyl (C=O) groups excluding carboxylic acids is 2. The Morgan fingerprint density at radius 3 is 2.96 bits per heavy atom. The third-order valence-corrected chi connectivity index (χ3v) is 4.82. The summed E-state index contributed by atoms with van der Waals surface area (Å²) in [6.45, 7) is 3.57. The lowest BCUT2D eigenvalue weighted by Gasteiger charge is -2.18. The van der Waals surface area contributed by atoms with Gasteiger partial charge in [0.25, 0.3) is 5.91 Å². The van der Waals surface area contributed by atoms with Gasteiger partial charge in [-0.05, 0) is 43.9 Å². The molecule has 1 aliphatic rings. The molecule has 1 aliphatic heterocycles. The van der Waals surface area contributed by atoms with E-state index < -0.39 is 0 Å². The van der Waals surface area contributed by atoms with Gasteiger partial charge in [-0.2, -0.15) is 11.8 Å². The van der Waals surface area contributed by atoms with Crippen LogP contribution in [-0.4, -0.2) is 59.5 Å². The van der Waals surface area contributed by atoms with Gasteiger partial charge in [0, 0.05) is 31.4 Å². The van der Waals surface area contributed by atoms with Gasteiger partial charge >= 0.3 is 6.03 Å². The van der Waals surface area contributed by atoms with Crippen LogP contribution >= 0.6 is 23.4 Å². The zero-order valence-electron chi connectivity index (χ0n) is 14.0. The van der Waals surface area contributed by atoms with Gasteiger partial charge in [-0.1, -0.05) is 11.6 Å². The molecule has 2 heterocycles. The lowest BCUT2D eigenvalue weighted by molar-refractivity contribution is 0.0789. The monoisotopic (exact) mass is 370 g/mol. The van der Waals surface area contributed by atoms with Crippen LogP contribution in [0.5, 0.6) is 0 Å². The molecule has 6 nitrogen and oxygen atoms in total. The average Bonchev–Trinajstić information content (AvgIpc) is 2.99. The first-order valence-corrected chi connectivity index (χ1v) is 9.74. The van der Waals surface area contributed by atoms with E-state index in [4.69, 9.17) is 11.6 Å². The molecule has 0 aliphatic carbocycles. The molecule has 0 unspecified atom stereocenters. The number of pyridine rings is 1. The molecule has 0 aromatic carbocycles. The van der Waals surface area contributed by atoms with E-state index in [1.165, 1.54) is 0 Å². The minimum absolute atomic E-state index is 0.0355. The smallest absolute Gasteiger partial charge is 0.315 e. The van der Waals surface area contributed by atoms with Gasteiger partial charge in [0.15, 0.2) is 0 Å². The highest BCUT2D eigenvalue weighted by molar-refractivity contribution is 7.98. The molecule has 0 radical (unpaired) electrons. The molecule has 2 rings (SSSR count). The summed E-state index contributed by atoms with van der Waals surface area (Å²) >= 11 is 7.82. The molecule has 1 fully saturated rings. The van der Waals surface area contributed by atoms with Crippen molar-refractivity contribution in [2.24, 2.45) is 0 Å². The Hall–Kier alpha value is -1.47. The Morgan fingerprint density at radius 2 is 2.25 bits per heavy atom. The van der Waals surface area contributed by atoms with Gasteiger partial charge in [-0.25, -0.2) is 9.78 Å². The van der Waals surface area contributed by atoms with E-state index in [1.807, 2.05) is 13.2 Å². The number of carbonyl (C=O) groups is 2. The number of aryl methyl sites for hydroxylation is 1. The Bertz CT molecular complexity index is 599. The van der Waals surface area contributed by atoms with Gasteiger partial charge < -0.3 is 15.5 Å².